The van der Waals surface area contributed by atoms with E-state index >= 15 is 0 Å². The number of halogens is 3. The summed E-state index contributed by atoms with van der Waals surface area (Å²) in [6, 6.07) is 7.69. The lowest BCUT2D eigenvalue weighted by atomic mass is 9.86. The summed E-state index contributed by atoms with van der Waals surface area (Å²) >= 11 is 0. The molecule has 0 bridgehead atoms. The van der Waals surface area contributed by atoms with E-state index in [1.165, 1.54) is 0 Å². The number of carboxylic acids is 1. The largest absolute Gasteiger partial charge is 0.481 e. The Morgan fingerprint density at radius 3 is 2.32 bits per heavy atom. The molecule has 0 radical (unpaired) electrons. The number of carbonyl (C=O) groups is 1. The van der Waals surface area contributed by atoms with Crippen LogP contribution in [0.5, 0.6) is 0 Å². The third kappa shape index (κ3) is 3.94. The molecule has 8 heteroatoms. The third-order valence-electron chi connectivity index (χ3n) is 4.49. The van der Waals surface area contributed by atoms with Crippen molar-refractivity contribution < 1.29 is 23.1 Å². The van der Waals surface area contributed by atoms with Crippen molar-refractivity contribution in [2.75, 3.05) is 5.32 Å². The number of rotatable bonds is 4. The first-order chi connectivity index (χ1) is 11.8. The van der Waals surface area contributed by atoms with Crippen LogP contribution in [0.3, 0.4) is 0 Å². The number of nitrogens with one attached hydrogen (secondary N) is 1. The van der Waals surface area contributed by atoms with Crippen molar-refractivity contribution in [3.8, 4) is 5.69 Å². The lowest BCUT2D eigenvalue weighted by molar-refractivity contribution is -0.143. The molecule has 1 aliphatic carbocycles. The molecule has 2 N–H and O–H groups in total. The fourth-order valence-electron chi connectivity index (χ4n) is 3.14. The molecule has 25 heavy (non-hydrogen) atoms. The number of anilines is 1. The zero-order valence-electron chi connectivity index (χ0n) is 13.3. The Morgan fingerprint density at radius 1 is 1.12 bits per heavy atom. The number of aromatic nitrogens is 2. The molecule has 1 saturated carbocycles. The molecule has 1 aromatic heterocycles. The van der Waals surface area contributed by atoms with Crippen LogP contribution in [0.2, 0.25) is 0 Å². The predicted molar refractivity (Wildman–Crippen MR) is 85.6 cm³/mol. The molecule has 3 rings (SSSR count). The van der Waals surface area contributed by atoms with E-state index in [-0.39, 0.29) is 12.0 Å². The number of aliphatic carboxylic acids is 1. The highest BCUT2D eigenvalue weighted by Crippen LogP contribution is 2.31. The van der Waals surface area contributed by atoms with E-state index in [4.69, 9.17) is 5.11 Å². The maximum Gasteiger partial charge on any atom is 0.433 e. The van der Waals surface area contributed by atoms with Gasteiger partial charge in [0, 0.05) is 11.7 Å². The minimum Gasteiger partial charge on any atom is -0.481 e. The van der Waals surface area contributed by atoms with Gasteiger partial charge in [-0.25, -0.2) is 4.68 Å². The normalized spacial score (nSPS) is 21.1. The molecule has 0 aliphatic heterocycles. The Morgan fingerprint density at radius 2 is 1.76 bits per heavy atom. The van der Waals surface area contributed by atoms with Crippen molar-refractivity contribution in [3.05, 3.63) is 42.2 Å². The summed E-state index contributed by atoms with van der Waals surface area (Å²) in [5.74, 6) is -1.02. The molecule has 0 spiro atoms. The van der Waals surface area contributed by atoms with E-state index in [0.717, 1.165) is 35.5 Å². The molecule has 0 unspecified atom stereocenters. The lowest BCUT2D eigenvalue weighted by Crippen LogP contribution is -2.29. The van der Waals surface area contributed by atoms with Gasteiger partial charge in [-0.1, -0.05) is 0 Å². The van der Waals surface area contributed by atoms with Crippen molar-refractivity contribution >= 4 is 11.7 Å². The number of hydrogen-bond acceptors (Lipinski definition) is 3. The minimum absolute atomic E-state index is 0.178. The van der Waals surface area contributed by atoms with E-state index < -0.39 is 17.8 Å². The Bertz CT molecular complexity index is 732. The number of alkyl halides is 3. The summed E-state index contributed by atoms with van der Waals surface area (Å²) in [5.41, 5.74) is 0.306. The van der Waals surface area contributed by atoms with Gasteiger partial charge in [-0.05, 0) is 56.0 Å². The highest BCUT2D eigenvalue weighted by molar-refractivity contribution is 5.70. The molecule has 5 nitrogen and oxygen atoms in total. The molecule has 0 saturated heterocycles. The summed E-state index contributed by atoms with van der Waals surface area (Å²) in [7, 11) is 0. The highest BCUT2D eigenvalue weighted by Gasteiger charge is 2.35. The molecule has 0 atom stereocenters. The Hall–Kier alpha value is -2.51. The zero-order chi connectivity index (χ0) is 18.0. The van der Waals surface area contributed by atoms with Crippen molar-refractivity contribution in [2.24, 2.45) is 5.92 Å². The van der Waals surface area contributed by atoms with Gasteiger partial charge in [-0.3, -0.25) is 4.79 Å². The van der Waals surface area contributed by atoms with Crippen molar-refractivity contribution in [1.29, 1.82) is 0 Å². The van der Waals surface area contributed by atoms with Crippen LogP contribution in [0.15, 0.2) is 36.5 Å². The first-order valence-electron chi connectivity index (χ1n) is 8.05. The van der Waals surface area contributed by atoms with E-state index in [9.17, 15) is 18.0 Å². The Kier molecular flexibility index (Phi) is 4.69. The maximum absolute atomic E-state index is 12.9. The molecular weight excluding hydrogens is 335 g/mol. The number of hydrogen-bond donors (Lipinski definition) is 2. The molecule has 1 heterocycles. The average molecular weight is 353 g/mol. The summed E-state index contributed by atoms with van der Waals surface area (Å²) in [4.78, 5) is 11.0. The van der Waals surface area contributed by atoms with E-state index in [1.807, 2.05) is 0 Å². The van der Waals surface area contributed by atoms with Gasteiger partial charge in [-0.2, -0.15) is 18.3 Å². The van der Waals surface area contributed by atoms with Crippen LogP contribution >= 0.6 is 0 Å². The summed E-state index contributed by atoms with van der Waals surface area (Å²) in [5, 5.41) is 16.1. The van der Waals surface area contributed by atoms with Crippen LogP contribution in [0.4, 0.5) is 18.9 Å². The Labute approximate surface area is 142 Å². The molecule has 2 aromatic rings. The molecule has 1 aliphatic rings. The number of nitrogens with zero attached hydrogens (tertiary/aromatic N) is 2. The number of benzene rings is 1. The summed E-state index contributed by atoms with van der Waals surface area (Å²) in [6.45, 7) is 0. The van der Waals surface area contributed by atoms with Gasteiger partial charge in [0.15, 0.2) is 0 Å². The highest BCUT2D eigenvalue weighted by atomic mass is 19.4. The van der Waals surface area contributed by atoms with Gasteiger partial charge in [0.25, 0.3) is 0 Å². The molecular formula is C17H18F3N3O2. The summed E-state index contributed by atoms with van der Waals surface area (Å²) in [6.07, 6.45) is -0.557. The first-order valence-corrected chi connectivity index (χ1v) is 8.05. The SMILES string of the molecule is O=C(O)C1CCC(Nc2ccc(-n3nccc3C(F)(F)F)cc2)CC1. The third-order valence-corrected chi connectivity index (χ3v) is 4.49. The lowest BCUT2D eigenvalue weighted by Gasteiger charge is -2.27. The van der Waals surface area contributed by atoms with Crippen LogP contribution < -0.4 is 5.32 Å². The molecule has 1 fully saturated rings. The first kappa shape index (κ1) is 17.3. The second-order valence-corrected chi connectivity index (χ2v) is 6.20. The minimum atomic E-state index is -4.46. The van der Waals surface area contributed by atoms with E-state index in [2.05, 4.69) is 10.4 Å². The van der Waals surface area contributed by atoms with Gasteiger partial charge in [-0.15, -0.1) is 0 Å². The molecule has 134 valence electrons. The topological polar surface area (TPSA) is 67.2 Å². The van der Waals surface area contributed by atoms with Crippen LogP contribution in [0, 0.1) is 5.92 Å². The van der Waals surface area contributed by atoms with Gasteiger partial charge < -0.3 is 10.4 Å². The van der Waals surface area contributed by atoms with Gasteiger partial charge in [0.1, 0.15) is 5.69 Å². The molecule has 1 aromatic carbocycles. The fourth-order valence-corrected chi connectivity index (χ4v) is 3.14. The maximum atomic E-state index is 12.9. The predicted octanol–water partition coefficient (Wildman–Crippen LogP) is 3.95. The van der Waals surface area contributed by atoms with Crippen molar-refractivity contribution in [2.45, 2.75) is 37.9 Å². The fraction of sp³-hybridized carbons (Fsp3) is 0.412. The van der Waals surface area contributed by atoms with Crippen LogP contribution in [0.1, 0.15) is 31.4 Å². The van der Waals surface area contributed by atoms with E-state index in [0.29, 0.717) is 18.5 Å². The zero-order valence-corrected chi connectivity index (χ0v) is 13.3. The van der Waals surface area contributed by atoms with Crippen LogP contribution in [-0.2, 0) is 11.0 Å². The second kappa shape index (κ2) is 6.78. The van der Waals surface area contributed by atoms with E-state index in [1.54, 1.807) is 24.3 Å². The van der Waals surface area contributed by atoms with Gasteiger partial charge in [0.2, 0.25) is 0 Å². The second-order valence-electron chi connectivity index (χ2n) is 6.20. The smallest absolute Gasteiger partial charge is 0.433 e. The summed E-state index contributed by atoms with van der Waals surface area (Å²) < 4.78 is 39.7. The Balaban J connectivity index is 1.66. The van der Waals surface area contributed by atoms with Crippen LogP contribution in [-0.4, -0.2) is 26.9 Å². The monoisotopic (exact) mass is 353 g/mol. The standard InChI is InChI=1S/C17H18F3N3O2/c18-17(19,20)15-9-10-21-23(15)14-7-5-13(6-8-14)22-12-3-1-11(2-4-12)16(24)25/h5-12,22H,1-4H2,(H,24,25). The van der Waals surface area contributed by atoms with Crippen molar-refractivity contribution in [1.82, 2.24) is 9.78 Å². The van der Waals surface area contributed by atoms with Crippen molar-refractivity contribution in [3.63, 3.8) is 0 Å². The molecule has 0 amide bonds. The average Bonchev–Trinajstić information content (AvgIpc) is 3.06. The van der Waals surface area contributed by atoms with Gasteiger partial charge >= 0.3 is 12.1 Å². The van der Waals surface area contributed by atoms with Gasteiger partial charge in [0.05, 0.1) is 17.8 Å². The quantitative estimate of drug-likeness (QED) is 0.873. The number of carboxylic acid groups (broad SMARTS) is 1. The van der Waals surface area contributed by atoms with Crippen LogP contribution in [0.25, 0.3) is 5.69 Å².